The average molecular weight is 340 g/mol. The van der Waals surface area contributed by atoms with Crippen LogP contribution in [0.3, 0.4) is 0 Å². The minimum atomic E-state index is -1.83. The summed E-state index contributed by atoms with van der Waals surface area (Å²) in [5.41, 5.74) is 0. The van der Waals surface area contributed by atoms with E-state index < -0.39 is 18.1 Å². The van der Waals surface area contributed by atoms with Crippen molar-refractivity contribution in [2.24, 2.45) is 17.8 Å². The quantitative estimate of drug-likeness (QED) is 0.473. The van der Waals surface area contributed by atoms with Crippen LogP contribution in [0.1, 0.15) is 52.9 Å². The van der Waals surface area contributed by atoms with Gasteiger partial charge in [0.2, 0.25) is 0 Å². The fraction of sp³-hybridized carbons (Fsp3) is 0.800. The van der Waals surface area contributed by atoms with Crippen LogP contribution in [-0.2, 0) is 14.3 Å². The van der Waals surface area contributed by atoms with Gasteiger partial charge >= 0.3 is 41.7 Å². The molecule has 1 aliphatic carbocycles. The number of carbonyl (C=O) groups is 3. The summed E-state index contributed by atoms with van der Waals surface area (Å²) in [7, 11) is 0. The number of hydrogen-bond donors (Lipinski definition) is 2. The van der Waals surface area contributed by atoms with E-state index in [1.807, 2.05) is 0 Å². The Hall–Kier alpha value is -0.790. The predicted octanol–water partition coefficient (Wildman–Crippen LogP) is -1.25. The van der Waals surface area contributed by atoms with Crippen molar-refractivity contribution in [3.05, 3.63) is 0 Å². The standard InChI is InChI=1S/C14H24O4.CH2O3.Na/c1-9(2)11-5-4-10(3)8-12(11)18-14(17)7-6-13(15)16;2-1(3)4;/h9-12H,4-8H2,1-3H3,(H,15,16);(H2,2,3,4);/q;;+1/p-1. The van der Waals surface area contributed by atoms with E-state index in [4.69, 9.17) is 19.7 Å². The van der Waals surface area contributed by atoms with E-state index in [1.165, 1.54) is 6.42 Å². The molecule has 1 fully saturated rings. The number of rotatable bonds is 5. The molecule has 8 heteroatoms. The van der Waals surface area contributed by atoms with Crippen LogP contribution >= 0.6 is 0 Å². The maximum atomic E-state index is 11.6. The summed E-state index contributed by atoms with van der Waals surface area (Å²) >= 11 is 0. The zero-order chi connectivity index (χ0) is 17.3. The van der Waals surface area contributed by atoms with Crippen LogP contribution in [0, 0.1) is 17.8 Å². The molecule has 0 heterocycles. The summed E-state index contributed by atoms with van der Waals surface area (Å²) in [4.78, 5) is 30.4. The van der Waals surface area contributed by atoms with E-state index in [-0.39, 0.29) is 48.5 Å². The Morgan fingerprint density at radius 2 is 1.70 bits per heavy atom. The minimum absolute atomic E-state index is 0. The Morgan fingerprint density at radius 1 is 1.17 bits per heavy atom. The molecule has 0 radical (unpaired) electrons. The molecular formula is C15H25NaO7. The van der Waals surface area contributed by atoms with Gasteiger partial charge in [0.15, 0.2) is 0 Å². The zero-order valence-corrected chi connectivity index (χ0v) is 16.3. The number of esters is 1. The number of hydrogen-bond acceptors (Lipinski definition) is 5. The molecule has 128 valence electrons. The first kappa shape index (κ1) is 24.5. The molecule has 3 unspecified atom stereocenters. The zero-order valence-electron chi connectivity index (χ0n) is 14.3. The fourth-order valence-electron chi connectivity index (χ4n) is 2.68. The molecule has 1 aliphatic rings. The SMILES string of the molecule is CC1CCC(C(C)C)C(OC(=O)CCC(=O)[O-])C1.O=C(O)O.[Na+]. The Morgan fingerprint density at radius 3 is 2.13 bits per heavy atom. The summed E-state index contributed by atoms with van der Waals surface area (Å²) in [6, 6.07) is 0. The molecule has 1 saturated carbocycles. The Labute approximate surface area is 158 Å². The summed E-state index contributed by atoms with van der Waals surface area (Å²) in [6.45, 7) is 6.45. The van der Waals surface area contributed by atoms with Crippen molar-refractivity contribution >= 4 is 18.1 Å². The van der Waals surface area contributed by atoms with Crippen LogP contribution < -0.4 is 34.7 Å². The monoisotopic (exact) mass is 340 g/mol. The van der Waals surface area contributed by atoms with Crippen molar-refractivity contribution in [3.63, 3.8) is 0 Å². The molecule has 7 nitrogen and oxygen atoms in total. The molecule has 0 amide bonds. The van der Waals surface area contributed by atoms with Gasteiger partial charge in [-0.15, -0.1) is 0 Å². The number of ether oxygens (including phenoxy) is 1. The maximum absolute atomic E-state index is 11.6. The maximum Gasteiger partial charge on any atom is 1.00 e. The van der Waals surface area contributed by atoms with Gasteiger partial charge in [-0.2, -0.15) is 0 Å². The van der Waals surface area contributed by atoms with Crippen molar-refractivity contribution in [2.75, 3.05) is 0 Å². The second kappa shape index (κ2) is 12.6. The van der Waals surface area contributed by atoms with Gasteiger partial charge in [0.25, 0.3) is 0 Å². The van der Waals surface area contributed by atoms with Crippen molar-refractivity contribution in [1.29, 1.82) is 0 Å². The van der Waals surface area contributed by atoms with Gasteiger partial charge in [-0.25, -0.2) is 4.79 Å². The van der Waals surface area contributed by atoms with Gasteiger partial charge in [-0.05, 0) is 37.0 Å². The molecule has 0 aliphatic heterocycles. The van der Waals surface area contributed by atoms with E-state index in [0.29, 0.717) is 17.8 Å². The number of carboxylic acids is 1. The molecule has 0 saturated heterocycles. The summed E-state index contributed by atoms with van der Waals surface area (Å²) in [6.07, 6.45) is 0.918. The molecule has 0 aromatic heterocycles. The Balaban J connectivity index is 0. The molecule has 0 aromatic rings. The molecule has 1 rings (SSSR count). The van der Waals surface area contributed by atoms with Gasteiger partial charge in [-0.3, -0.25) is 4.79 Å². The van der Waals surface area contributed by atoms with Crippen LogP contribution in [0.5, 0.6) is 0 Å². The van der Waals surface area contributed by atoms with Crippen molar-refractivity contribution in [2.45, 2.75) is 59.0 Å². The van der Waals surface area contributed by atoms with E-state index in [9.17, 15) is 14.7 Å². The fourth-order valence-corrected chi connectivity index (χ4v) is 2.68. The first-order valence-corrected chi connectivity index (χ1v) is 7.44. The van der Waals surface area contributed by atoms with E-state index >= 15 is 0 Å². The van der Waals surface area contributed by atoms with Gasteiger partial charge in [0.1, 0.15) is 6.10 Å². The summed E-state index contributed by atoms with van der Waals surface area (Å²) in [5.74, 6) is -0.170. The molecule has 3 atom stereocenters. The van der Waals surface area contributed by atoms with Crippen LogP contribution in [0.25, 0.3) is 0 Å². The first-order valence-electron chi connectivity index (χ1n) is 7.44. The third-order valence-corrected chi connectivity index (χ3v) is 3.78. The molecule has 0 spiro atoms. The van der Waals surface area contributed by atoms with Gasteiger partial charge in [0, 0.05) is 5.97 Å². The van der Waals surface area contributed by atoms with Crippen molar-refractivity contribution in [3.8, 4) is 0 Å². The summed E-state index contributed by atoms with van der Waals surface area (Å²) < 4.78 is 5.46. The molecule has 23 heavy (non-hydrogen) atoms. The van der Waals surface area contributed by atoms with Crippen LogP contribution in [0.15, 0.2) is 0 Å². The summed E-state index contributed by atoms with van der Waals surface area (Å²) in [5, 5.41) is 24.2. The molecule has 0 aromatic carbocycles. The second-order valence-corrected chi connectivity index (χ2v) is 6.01. The van der Waals surface area contributed by atoms with E-state index in [1.54, 1.807) is 0 Å². The third kappa shape index (κ3) is 12.3. The number of carboxylic acid groups (broad SMARTS) is 3. The van der Waals surface area contributed by atoms with Crippen LogP contribution in [0.2, 0.25) is 0 Å². The third-order valence-electron chi connectivity index (χ3n) is 3.78. The topological polar surface area (TPSA) is 124 Å². The molecule has 2 N–H and O–H groups in total. The van der Waals surface area contributed by atoms with Crippen LogP contribution in [-0.4, -0.2) is 34.4 Å². The normalized spacial score (nSPS) is 23.0. The first-order chi connectivity index (χ1) is 10.1. The Kier molecular flexibility index (Phi) is 13.4. The van der Waals surface area contributed by atoms with Crippen molar-refractivity contribution < 1.29 is 64.0 Å². The van der Waals surface area contributed by atoms with E-state index in [0.717, 1.165) is 12.8 Å². The number of aliphatic carboxylic acids is 1. The minimum Gasteiger partial charge on any atom is -0.550 e. The molecule has 0 bridgehead atoms. The largest absolute Gasteiger partial charge is 1.00 e. The number of carbonyl (C=O) groups excluding carboxylic acids is 2. The van der Waals surface area contributed by atoms with Gasteiger partial charge in [0.05, 0.1) is 6.42 Å². The average Bonchev–Trinajstić information content (AvgIpc) is 2.35. The van der Waals surface area contributed by atoms with Gasteiger partial charge in [-0.1, -0.05) is 27.2 Å². The molecular weight excluding hydrogens is 315 g/mol. The smallest absolute Gasteiger partial charge is 0.550 e. The predicted molar refractivity (Wildman–Crippen MR) is 76.1 cm³/mol. The van der Waals surface area contributed by atoms with Crippen LogP contribution in [0.4, 0.5) is 4.79 Å². The second-order valence-electron chi connectivity index (χ2n) is 6.01. The van der Waals surface area contributed by atoms with E-state index in [2.05, 4.69) is 20.8 Å². The van der Waals surface area contributed by atoms with Crippen molar-refractivity contribution in [1.82, 2.24) is 0 Å². The Bertz CT molecular complexity index is 380. The van der Waals surface area contributed by atoms with Gasteiger partial charge < -0.3 is 24.9 Å².